The van der Waals surface area contributed by atoms with Crippen molar-refractivity contribution in [3.8, 4) is 0 Å². The number of piperidine rings is 1. The van der Waals surface area contributed by atoms with Gasteiger partial charge < -0.3 is 20.3 Å². The first kappa shape index (κ1) is 22.7. The summed E-state index contributed by atoms with van der Waals surface area (Å²) >= 11 is 0. The Labute approximate surface area is 181 Å². The number of hydrogen-bond donors (Lipinski definition) is 2. The van der Waals surface area contributed by atoms with Gasteiger partial charge in [-0.15, -0.1) is 24.0 Å². The number of ether oxygens (including phenoxy) is 1. The molecule has 1 amide bonds. The van der Waals surface area contributed by atoms with Gasteiger partial charge in [-0.1, -0.05) is 12.8 Å². The highest BCUT2D eigenvalue weighted by molar-refractivity contribution is 14.0. The Balaban J connectivity index is 0.00000261. The Kier molecular flexibility index (Phi) is 8.65. The molecule has 2 atom stereocenters. The number of nitrogens with one attached hydrogen (secondary N) is 2. The van der Waals surface area contributed by atoms with Crippen LogP contribution < -0.4 is 10.6 Å². The van der Waals surface area contributed by atoms with E-state index in [1.54, 1.807) is 7.05 Å². The van der Waals surface area contributed by atoms with Crippen LogP contribution in [0.5, 0.6) is 0 Å². The third kappa shape index (κ3) is 4.89. The van der Waals surface area contributed by atoms with E-state index in [1.807, 2.05) is 7.05 Å². The summed E-state index contributed by atoms with van der Waals surface area (Å²) in [6.07, 6.45) is 9.50. The van der Waals surface area contributed by atoms with Crippen LogP contribution in [0.25, 0.3) is 0 Å². The van der Waals surface area contributed by atoms with E-state index in [0.29, 0.717) is 29.9 Å². The topological polar surface area (TPSA) is 66.0 Å². The van der Waals surface area contributed by atoms with E-state index in [-0.39, 0.29) is 29.9 Å². The van der Waals surface area contributed by atoms with Crippen molar-refractivity contribution in [2.45, 2.75) is 70.4 Å². The van der Waals surface area contributed by atoms with Crippen molar-refractivity contribution in [1.29, 1.82) is 0 Å². The number of aliphatic imine (C=N–C) groups is 1. The van der Waals surface area contributed by atoms with Crippen molar-refractivity contribution in [1.82, 2.24) is 15.5 Å². The minimum Gasteiger partial charge on any atom is -0.378 e. The number of amides is 1. The van der Waals surface area contributed by atoms with Crippen molar-refractivity contribution < 1.29 is 9.53 Å². The maximum atomic E-state index is 11.6. The van der Waals surface area contributed by atoms with Crippen LogP contribution >= 0.6 is 24.0 Å². The molecule has 7 heteroatoms. The van der Waals surface area contributed by atoms with Crippen LogP contribution in [-0.2, 0) is 9.53 Å². The van der Waals surface area contributed by atoms with E-state index in [2.05, 4.69) is 27.4 Å². The van der Waals surface area contributed by atoms with Crippen molar-refractivity contribution in [2.75, 3.05) is 33.8 Å². The van der Waals surface area contributed by atoms with Crippen LogP contribution in [0.15, 0.2) is 4.99 Å². The van der Waals surface area contributed by atoms with Gasteiger partial charge in [-0.2, -0.15) is 0 Å². The summed E-state index contributed by atoms with van der Waals surface area (Å²) in [4.78, 5) is 18.5. The lowest BCUT2D eigenvalue weighted by Crippen LogP contribution is -2.65. The van der Waals surface area contributed by atoms with E-state index >= 15 is 0 Å². The molecule has 0 aromatic carbocycles. The number of guanidine groups is 1. The third-order valence-corrected chi connectivity index (χ3v) is 6.87. The maximum Gasteiger partial charge on any atom is 0.220 e. The number of halogens is 1. The molecule has 2 aliphatic carbocycles. The lowest BCUT2D eigenvalue weighted by Gasteiger charge is -2.55. The number of carbonyl (C=O) groups is 1. The maximum absolute atomic E-state index is 11.6. The smallest absolute Gasteiger partial charge is 0.220 e. The largest absolute Gasteiger partial charge is 0.378 e. The molecule has 1 heterocycles. The number of likely N-dealkylation sites (tertiary alicyclic amines) is 1. The molecule has 0 aromatic rings. The fourth-order valence-corrected chi connectivity index (χ4v) is 5.26. The Morgan fingerprint density at radius 2 is 1.93 bits per heavy atom. The summed E-state index contributed by atoms with van der Waals surface area (Å²) in [5, 5.41) is 6.52. The zero-order valence-corrected chi connectivity index (χ0v) is 19.5. The van der Waals surface area contributed by atoms with E-state index in [4.69, 9.17) is 4.74 Å². The normalized spacial score (nSPS) is 27.8. The molecule has 1 saturated heterocycles. The van der Waals surface area contributed by atoms with Gasteiger partial charge in [0.15, 0.2) is 5.96 Å². The molecule has 3 aliphatic rings. The van der Waals surface area contributed by atoms with Gasteiger partial charge in [0.05, 0.1) is 6.10 Å². The van der Waals surface area contributed by atoms with Crippen molar-refractivity contribution >= 4 is 35.8 Å². The van der Waals surface area contributed by atoms with Crippen molar-refractivity contribution in [2.24, 2.45) is 16.3 Å². The van der Waals surface area contributed by atoms with E-state index in [0.717, 1.165) is 44.9 Å². The van der Waals surface area contributed by atoms with Crippen LogP contribution in [0.4, 0.5) is 0 Å². The summed E-state index contributed by atoms with van der Waals surface area (Å²) in [5.41, 5.74) is 0.323. The molecule has 3 fully saturated rings. The zero-order valence-electron chi connectivity index (χ0n) is 17.1. The lowest BCUT2D eigenvalue weighted by molar-refractivity contribution is -0.126. The monoisotopic (exact) mass is 492 g/mol. The number of hydrogen-bond acceptors (Lipinski definition) is 3. The second-order valence-corrected chi connectivity index (χ2v) is 8.17. The van der Waals surface area contributed by atoms with Gasteiger partial charge in [0.25, 0.3) is 0 Å². The minimum absolute atomic E-state index is 0. The van der Waals surface area contributed by atoms with E-state index in [9.17, 15) is 4.79 Å². The molecule has 0 bridgehead atoms. The van der Waals surface area contributed by atoms with Crippen LogP contribution in [-0.4, -0.2) is 62.7 Å². The molecule has 0 aromatic heterocycles. The number of rotatable bonds is 5. The van der Waals surface area contributed by atoms with Gasteiger partial charge in [-0.05, 0) is 44.9 Å². The number of carbonyl (C=O) groups excluding carboxylic acids is 1. The summed E-state index contributed by atoms with van der Waals surface area (Å²) in [6.45, 7) is 4.88. The highest BCUT2D eigenvalue weighted by Crippen LogP contribution is 2.54. The standard InChI is InChI=1S/C20H36N4O2.HI/c1-4-26-17-14-16(20(17)9-5-6-10-20)23-19(22-3)24-11-7-15(8-12-24)13-18(25)21-2;/h15-17H,4-14H2,1-3H3,(H,21,25)(H,22,23);1H. The van der Waals surface area contributed by atoms with Crippen LogP contribution in [0.2, 0.25) is 0 Å². The molecule has 2 saturated carbocycles. The average Bonchev–Trinajstić information content (AvgIpc) is 3.18. The molecule has 0 radical (unpaired) electrons. The first-order chi connectivity index (χ1) is 12.6. The fraction of sp³-hybridized carbons (Fsp3) is 0.900. The summed E-state index contributed by atoms with van der Waals surface area (Å²) < 4.78 is 6.04. The molecule has 2 unspecified atom stereocenters. The van der Waals surface area contributed by atoms with Gasteiger partial charge in [-0.25, -0.2) is 0 Å². The SMILES string of the molecule is CCOC1CC(NC(=NC)N2CCC(CC(=O)NC)CC2)C12CCCC2.I. The molecule has 1 spiro atoms. The van der Waals surface area contributed by atoms with Gasteiger partial charge >= 0.3 is 0 Å². The van der Waals surface area contributed by atoms with Crippen LogP contribution in [0, 0.1) is 11.3 Å². The zero-order chi connectivity index (χ0) is 18.6. The predicted octanol–water partition coefficient (Wildman–Crippen LogP) is 2.77. The molecule has 2 N–H and O–H groups in total. The third-order valence-electron chi connectivity index (χ3n) is 6.87. The molecule has 3 rings (SSSR count). The quantitative estimate of drug-likeness (QED) is 0.352. The van der Waals surface area contributed by atoms with Gasteiger partial charge in [-0.3, -0.25) is 9.79 Å². The van der Waals surface area contributed by atoms with E-state index in [1.165, 1.54) is 25.7 Å². The molecular formula is C20H37IN4O2. The lowest BCUT2D eigenvalue weighted by atomic mass is 9.60. The highest BCUT2D eigenvalue weighted by Gasteiger charge is 2.57. The highest BCUT2D eigenvalue weighted by atomic mass is 127. The Hall–Kier alpha value is -0.570. The molecular weight excluding hydrogens is 455 g/mol. The molecule has 1 aliphatic heterocycles. The Morgan fingerprint density at radius 3 is 2.48 bits per heavy atom. The molecule has 156 valence electrons. The van der Waals surface area contributed by atoms with Gasteiger partial charge in [0.2, 0.25) is 5.91 Å². The summed E-state index contributed by atoms with van der Waals surface area (Å²) in [7, 11) is 3.61. The summed E-state index contributed by atoms with van der Waals surface area (Å²) in [5.74, 6) is 1.69. The Bertz CT molecular complexity index is 514. The van der Waals surface area contributed by atoms with Crippen LogP contribution in [0.3, 0.4) is 0 Å². The van der Waals surface area contributed by atoms with E-state index < -0.39 is 0 Å². The van der Waals surface area contributed by atoms with Gasteiger partial charge in [0.1, 0.15) is 0 Å². The Morgan fingerprint density at radius 1 is 1.26 bits per heavy atom. The molecule has 27 heavy (non-hydrogen) atoms. The second kappa shape index (κ2) is 10.3. The first-order valence-electron chi connectivity index (χ1n) is 10.4. The summed E-state index contributed by atoms with van der Waals surface area (Å²) in [6, 6.07) is 0.490. The fourth-order valence-electron chi connectivity index (χ4n) is 5.26. The second-order valence-electron chi connectivity index (χ2n) is 8.17. The van der Waals surface area contributed by atoms with Crippen molar-refractivity contribution in [3.05, 3.63) is 0 Å². The molecule has 6 nitrogen and oxygen atoms in total. The average molecular weight is 492 g/mol. The number of nitrogens with zero attached hydrogens (tertiary/aromatic N) is 2. The van der Waals surface area contributed by atoms with Gasteiger partial charge in [0, 0.05) is 51.7 Å². The first-order valence-corrected chi connectivity index (χ1v) is 10.4. The van der Waals surface area contributed by atoms with Crippen molar-refractivity contribution in [3.63, 3.8) is 0 Å². The predicted molar refractivity (Wildman–Crippen MR) is 120 cm³/mol. The van der Waals surface area contributed by atoms with Crippen LogP contribution in [0.1, 0.15) is 58.3 Å². The minimum atomic E-state index is 0.